The summed E-state index contributed by atoms with van der Waals surface area (Å²) in [5.74, 6) is -0.516. The SMILES string of the molecule is Cn1c(=O)n(CCCPI)c(=O)c2c(C(O)c3ccc(Cl)cc3)c(Oc3cccc(OC(F)(F)F)c3)sc21. The van der Waals surface area contributed by atoms with Gasteiger partial charge in [0.05, 0.1) is 10.9 Å². The number of nitrogens with zero attached hydrogens (tertiary/aromatic N) is 2. The lowest BCUT2D eigenvalue weighted by Crippen LogP contribution is -2.39. The highest BCUT2D eigenvalue weighted by Crippen LogP contribution is 2.44. The van der Waals surface area contributed by atoms with Crippen LogP contribution in [0.3, 0.4) is 0 Å². The zero-order chi connectivity index (χ0) is 27.6. The highest BCUT2D eigenvalue weighted by atomic mass is 127. The topological polar surface area (TPSA) is 82.7 Å². The van der Waals surface area contributed by atoms with E-state index in [2.05, 4.69) is 26.8 Å². The first-order chi connectivity index (χ1) is 18.0. The van der Waals surface area contributed by atoms with Gasteiger partial charge in [-0.2, -0.15) is 0 Å². The lowest BCUT2D eigenvalue weighted by atomic mass is 10.0. The molecule has 1 N–H and O–H groups in total. The summed E-state index contributed by atoms with van der Waals surface area (Å²) < 4.78 is 50.5. The third-order valence-electron chi connectivity index (χ3n) is 5.54. The fourth-order valence-electron chi connectivity index (χ4n) is 3.82. The lowest BCUT2D eigenvalue weighted by molar-refractivity contribution is -0.274. The zero-order valence-electron chi connectivity index (χ0n) is 19.6. The van der Waals surface area contributed by atoms with Gasteiger partial charge < -0.3 is 14.6 Å². The van der Waals surface area contributed by atoms with E-state index in [9.17, 15) is 27.9 Å². The average Bonchev–Trinajstić information content (AvgIpc) is 3.23. The van der Waals surface area contributed by atoms with Crippen molar-refractivity contribution in [1.82, 2.24) is 9.13 Å². The molecule has 2 aromatic heterocycles. The minimum Gasteiger partial charge on any atom is -0.446 e. The summed E-state index contributed by atoms with van der Waals surface area (Å²) in [5.41, 5.74) is -0.595. The van der Waals surface area contributed by atoms with Gasteiger partial charge in [0.2, 0.25) is 0 Å². The van der Waals surface area contributed by atoms with Gasteiger partial charge in [-0.1, -0.05) is 69.4 Å². The van der Waals surface area contributed by atoms with Gasteiger partial charge in [-0.25, -0.2) is 4.79 Å². The number of aliphatic hydroxyl groups is 1. The Morgan fingerprint density at radius 3 is 2.50 bits per heavy atom. The Morgan fingerprint density at radius 2 is 1.84 bits per heavy atom. The van der Waals surface area contributed by atoms with Crippen molar-refractivity contribution in [2.75, 3.05) is 6.16 Å². The predicted octanol–water partition coefficient (Wildman–Crippen LogP) is 6.61. The van der Waals surface area contributed by atoms with E-state index in [1.54, 1.807) is 24.3 Å². The lowest BCUT2D eigenvalue weighted by Gasteiger charge is -2.15. The van der Waals surface area contributed by atoms with Gasteiger partial charge in [0.15, 0.2) is 5.06 Å². The molecular weight excluding hydrogens is 679 g/mol. The van der Waals surface area contributed by atoms with Crippen molar-refractivity contribution in [2.24, 2.45) is 7.05 Å². The number of aryl methyl sites for hydroxylation is 1. The molecule has 38 heavy (non-hydrogen) atoms. The molecule has 2 atom stereocenters. The molecule has 0 aliphatic heterocycles. The summed E-state index contributed by atoms with van der Waals surface area (Å²) in [5, 5.41) is 12.0. The normalized spacial score (nSPS) is 12.9. The highest BCUT2D eigenvalue weighted by Gasteiger charge is 2.32. The summed E-state index contributed by atoms with van der Waals surface area (Å²) in [6.07, 6.45) is -4.16. The van der Waals surface area contributed by atoms with Gasteiger partial charge in [0, 0.05) is 24.7 Å². The van der Waals surface area contributed by atoms with Crippen molar-refractivity contribution < 1.29 is 27.8 Å². The number of ether oxygens (including phenoxy) is 2. The Morgan fingerprint density at radius 1 is 1.16 bits per heavy atom. The summed E-state index contributed by atoms with van der Waals surface area (Å²) in [7, 11) is 1.51. The standard InChI is InChI=1S/C24H20ClF3IN2O5PS/c1-30-21-18(20(33)31(23(30)34)10-3-11-37-29)17(19(32)13-6-8-14(25)9-7-13)22(38-21)35-15-4-2-5-16(12-15)36-24(26,27)28/h2,4-9,12,19,32,37H,3,10-11H2,1H3. The molecule has 4 rings (SSSR count). The van der Waals surface area contributed by atoms with Crippen molar-refractivity contribution in [3.63, 3.8) is 0 Å². The van der Waals surface area contributed by atoms with Gasteiger partial charge >= 0.3 is 12.1 Å². The van der Waals surface area contributed by atoms with Gasteiger partial charge in [0.1, 0.15) is 22.4 Å². The largest absolute Gasteiger partial charge is 0.573 e. The number of hydrogen-bond donors (Lipinski definition) is 1. The number of benzene rings is 2. The molecule has 0 radical (unpaired) electrons. The molecule has 7 nitrogen and oxygen atoms in total. The van der Waals surface area contributed by atoms with Crippen LogP contribution < -0.4 is 20.7 Å². The van der Waals surface area contributed by atoms with Crippen LogP contribution in [0.5, 0.6) is 16.6 Å². The summed E-state index contributed by atoms with van der Waals surface area (Å²) in [4.78, 5) is 26.9. The van der Waals surface area contributed by atoms with Crippen LogP contribution in [0.15, 0.2) is 58.1 Å². The van der Waals surface area contributed by atoms with Crippen molar-refractivity contribution >= 4 is 61.4 Å². The van der Waals surface area contributed by atoms with E-state index >= 15 is 0 Å². The van der Waals surface area contributed by atoms with Crippen LogP contribution in [0.25, 0.3) is 10.2 Å². The van der Waals surface area contributed by atoms with Crippen LogP contribution in [0.1, 0.15) is 23.7 Å². The first-order valence-electron chi connectivity index (χ1n) is 11.1. The fourth-order valence-corrected chi connectivity index (χ4v) is 6.54. The van der Waals surface area contributed by atoms with E-state index in [0.717, 1.165) is 34.2 Å². The van der Waals surface area contributed by atoms with Gasteiger partial charge in [-0.3, -0.25) is 13.9 Å². The molecule has 4 aromatic rings. The quantitative estimate of drug-likeness (QED) is 0.121. The highest BCUT2D eigenvalue weighted by molar-refractivity contribution is 14.2. The average molecular weight is 699 g/mol. The molecule has 0 amide bonds. The molecule has 0 aliphatic carbocycles. The monoisotopic (exact) mass is 698 g/mol. The number of halogens is 5. The van der Waals surface area contributed by atoms with E-state index in [4.69, 9.17) is 16.3 Å². The summed E-state index contributed by atoms with van der Waals surface area (Å²) in [6, 6.07) is 11.2. The van der Waals surface area contributed by atoms with E-state index < -0.39 is 29.5 Å². The molecule has 0 spiro atoms. The molecule has 0 fully saturated rings. The number of hydrogen-bond acceptors (Lipinski definition) is 6. The van der Waals surface area contributed by atoms with Crippen molar-refractivity contribution in [3.8, 4) is 16.6 Å². The van der Waals surface area contributed by atoms with Crippen LogP contribution in [-0.4, -0.2) is 26.8 Å². The molecule has 0 saturated heterocycles. The zero-order valence-corrected chi connectivity index (χ0v) is 24.3. The van der Waals surface area contributed by atoms with Gasteiger partial charge in [-0.15, -0.1) is 13.2 Å². The minimum atomic E-state index is -4.90. The Bertz CT molecular complexity index is 1570. The van der Waals surface area contributed by atoms with E-state index in [1.807, 2.05) is 0 Å². The first-order valence-corrected chi connectivity index (χ1v) is 16.6. The molecule has 2 unspecified atom stereocenters. The van der Waals surface area contributed by atoms with Crippen molar-refractivity contribution in [1.29, 1.82) is 0 Å². The maximum Gasteiger partial charge on any atom is 0.573 e. The summed E-state index contributed by atoms with van der Waals surface area (Å²) >= 11 is 9.17. The summed E-state index contributed by atoms with van der Waals surface area (Å²) in [6.45, 7) is 0.205. The molecular formula is C24H20ClF3IN2O5PS. The van der Waals surface area contributed by atoms with Crippen LogP contribution in [-0.2, 0) is 13.6 Å². The van der Waals surface area contributed by atoms with Crippen LogP contribution in [0.4, 0.5) is 13.2 Å². The maximum absolute atomic E-state index is 13.6. The molecule has 202 valence electrons. The molecule has 2 heterocycles. The van der Waals surface area contributed by atoms with Crippen LogP contribution in [0.2, 0.25) is 5.02 Å². The Hall–Kier alpha value is -2.12. The number of aliphatic hydroxyl groups excluding tert-OH is 1. The Kier molecular flexibility index (Phi) is 9.08. The Balaban J connectivity index is 1.90. The number of rotatable bonds is 9. The smallest absolute Gasteiger partial charge is 0.446 e. The third kappa shape index (κ3) is 6.36. The minimum absolute atomic E-state index is 0.0174. The second-order valence-electron chi connectivity index (χ2n) is 8.10. The fraction of sp³-hybridized carbons (Fsp3) is 0.250. The van der Waals surface area contributed by atoms with Crippen LogP contribution in [0, 0.1) is 0 Å². The molecule has 14 heteroatoms. The van der Waals surface area contributed by atoms with E-state index in [-0.39, 0.29) is 33.1 Å². The first kappa shape index (κ1) is 28.9. The number of aromatic nitrogens is 2. The van der Waals surface area contributed by atoms with Crippen LogP contribution >= 0.6 is 51.2 Å². The predicted molar refractivity (Wildman–Crippen MR) is 152 cm³/mol. The molecule has 0 saturated carbocycles. The number of fused-ring (bicyclic) bond motifs is 1. The number of alkyl halides is 3. The number of thiophene rings is 1. The van der Waals surface area contributed by atoms with Gasteiger partial charge in [0.25, 0.3) is 5.56 Å². The van der Waals surface area contributed by atoms with Crippen molar-refractivity contribution in [3.05, 3.63) is 85.5 Å². The van der Waals surface area contributed by atoms with E-state index in [1.165, 1.54) is 23.7 Å². The van der Waals surface area contributed by atoms with Crippen molar-refractivity contribution in [2.45, 2.75) is 25.4 Å². The molecule has 2 aromatic carbocycles. The second-order valence-corrected chi connectivity index (χ2v) is 12.6. The second kappa shape index (κ2) is 12.0. The third-order valence-corrected chi connectivity index (χ3v) is 9.11. The van der Waals surface area contributed by atoms with E-state index in [0.29, 0.717) is 23.2 Å². The maximum atomic E-state index is 13.6. The molecule has 0 bridgehead atoms. The molecule has 0 aliphatic rings. The van der Waals surface area contributed by atoms with Gasteiger partial charge in [-0.05, 0) is 42.4 Å². The Labute approximate surface area is 238 Å².